The number of piperidine rings is 1. The van der Waals surface area contributed by atoms with Crippen LogP contribution in [0.25, 0.3) is 0 Å². The van der Waals surface area contributed by atoms with E-state index < -0.39 is 0 Å². The molecule has 0 aromatic rings. The summed E-state index contributed by atoms with van der Waals surface area (Å²) in [5.74, 6) is -0.325. The lowest BCUT2D eigenvalue weighted by atomic mass is 9.81. The van der Waals surface area contributed by atoms with Crippen LogP contribution in [-0.4, -0.2) is 23.2 Å². The van der Waals surface area contributed by atoms with Crippen molar-refractivity contribution in [3.8, 4) is 0 Å². The van der Waals surface area contributed by atoms with Gasteiger partial charge in [0.25, 0.3) is 0 Å². The molecule has 1 rings (SSSR count). The lowest BCUT2D eigenvalue weighted by Gasteiger charge is -2.45. The summed E-state index contributed by atoms with van der Waals surface area (Å²) in [7, 11) is 0. The molecule has 1 fully saturated rings. The highest BCUT2D eigenvalue weighted by atomic mass is 16.5. The molecule has 1 heterocycles. The van der Waals surface area contributed by atoms with Crippen LogP contribution in [0.4, 0.5) is 0 Å². The number of carbonyl (C=O) groups excluding carboxylic acids is 1. The molecule has 3 heteroatoms. The van der Waals surface area contributed by atoms with E-state index in [-0.39, 0.29) is 23.2 Å². The van der Waals surface area contributed by atoms with Gasteiger partial charge in [-0.05, 0) is 27.7 Å². The van der Waals surface area contributed by atoms with Gasteiger partial charge in [0.1, 0.15) is 6.10 Å². The van der Waals surface area contributed by atoms with Gasteiger partial charge in [-0.15, -0.1) is 13.2 Å². The maximum atomic E-state index is 11.1. The fraction of sp³-hybridized carbons (Fsp3) is 0.643. The Morgan fingerprint density at radius 3 is 2.00 bits per heavy atom. The Labute approximate surface area is 105 Å². The Hall–Kier alpha value is -1.09. The molecule has 0 aromatic heterocycles. The van der Waals surface area contributed by atoms with Crippen LogP contribution in [0.15, 0.2) is 25.8 Å². The van der Waals surface area contributed by atoms with E-state index >= 15 is 0 Å². The smallest absolute Gasteiger partial charge is 0.330 e. The predicted molar refractivity (Wildman–Crippen MR) is 71.9 cm³/mol. The minimum atomic E-state index is -0.325. The molecule has 1 aliphatic rings. The van der Waals surface area contributed by atoms with Gasteiger partial charge in [0.05, 0.1) is 0 Å². The Bertz CT molecular complexity index is 266. The molecule has 0 unspecified atom stereocenters. The van der Waals surface area contributed by atoms with Gasteiger partial charge in [-0.25, -0.2) is 4.79 Å². The summed E-state index contributed by atoms with van der Waals surface area (Å²) < 4.78 is 5.31. The van der Waals surface area contributed by atoms with Crippen LogP contribution in [0.3, 0.4) is 0 Å². The van der Waals surface area contributed by atoms with Crippen LogP contribution in [0.5, 0.6) is 0 Å². The minimum absolute atomic E-state index is 0.00780. The first-order valence-electron chi connectivity index (χ1n) is 5.86. The highest BCUT2D eigenvalue weighted by Gasteiger charge is 2.39. The van der Waals surface area contributed by atoms with E-state index in [1.807, 2.05) is 0 Å². The third kappa shape index (κ3) is 5.68. The van der Waals surface area contributed by atoms with E-state index in [0.717, 1.165) is 12.8 Å². The number of hydrogen-bond donors (Lipinski definition) is 1. The molecule has 98 valence electrons. The normalized spacial score (nSPS) is 21.9. The van der Waals surface area contributed by atoms with Crippen LogP contribution in [-0.2, 0) is 9.53 Å². The summed E-state index contributed by atoms with van der Waals surface area (Å²) in [6.45, 7) is 17.9. The molecule has 0 spiro atoms. The van der Waals surface area contributed by atoms with Crippen molar-refractivity contribution < 1.29 is 9.53 Å². The monoisotopic (exact) mass is 239 g/mol. The molecule has 3 nitrogen and oxygen atoms in total. The Morgan fingerprint density at radius 2 is 1.65 bits per heavy atom. The van der Waals surface area contributed by atoms with E-state index in [1.54, 1.807) is 0 Å². The molecular weight excluding hydrogens is 214 g/mol. The van der Waals surface area contributed by atoms with Gasteiger partial charge >= 0.3 is 5.97 Å². The van der Waals surface area contributed by atoms with Crippen LogP contribution in [0, 0.1) is 0 Å². The fourth-order valence-corrected chi connectivity index (χ4v) is 2.52. The van der Waals surface area contributed by atoms with Crippen molar-refractivity contribution >= 4 is 5.97 Å². The largest absolute Gasteiger partial charge is 0.459 e. The van der Waals surface area contributed by atoms with Gasteiger partial charge in [-0.2, -0.15) is 0 Å². The summed E-state index contributed by atoms with van der Waals surface area (Å²) in [6.07, 6.45) is 2.90. The average Bonchev–Trinajstić information content (AvgIpc) is 2.15. The van der Waals surface area contributed by atoms with Crippen molar-refractivity contribution in [3.05, 3.63) is 25.8 Å². The maximum Gasteiger partial charge on any atom is 0.330 e. The van der Waals surface area contributed by atoms with Gasteiger partial charge in [0.15, 0.2) is 0 Å². The van der Waals surface area contributed by atoms with E-state index in [1.165, 1.54) is 6.08 Å². The number of carbonyl (C=O) groups is 1. The Balaban J connectivity index is 0.00000121. The van der Waals surface area contributed by atoms with Crippen LogP contribution < -0.4 is 5.32 Å². The van der Waals surface area contributed by atoms with Crippen molar-refractivity contribution in [2.45, 2.75) is 57.7 Å². The summed E-state index contributed by atoms with van der Waals surface area (Å²) in [5.41, 5.74) is 0.0156. The van der Waals surface area contributed by atoms with Gasteiger partial charge in [0, 0.05) is 30.0 Å². The van der Waals surface area contributed by atoms with Crippen LogP contribution in [0.1, 0.15) is 40.5 Å². The average molecular weight is 239 g/mol. The Kier molecular flexibility index (Phi) is 5.62. The van der Waals surface area contributed by atoms with Crippen molar-refractivity contribution in [1.29, 1.82) is 0 Å². The third-order valence-corrected chi connectivity index (χ3v) is 2.60. The highest BCUT2D eigenvalue weighted by molar-refractivity contribution is 5.81. The lowest BCUT2D eigenvalue weighted by Crippen LogP contribution is -2.59. The maximum absolute atomic E-state index is 11.1. The predicted octanol–water partition coefficient (Wildman–Crippen LogP) is 2.83. The summed E-state index contributed by atoms with van der Waals surface area (Å²) >= 11 is 0. The first kappa shape index (κ1) is 15.9. The summed E-state index contributed by atoms with van der Waals surface area (Å²) in [4.78, 5) is 11.1. The first-order valence-corrected chi connectivity index (χ1v) is 5.86. The molecular formula is C14H25NO2. The van der Waals surface area contributed by atoms with E-state index in [0.29, 0.717) is 0 Å². The van der Waals surface area contributed by atoms with Gasteiger partial charge in [-0.3, -0.25) is 0 Å². The first-order chi connectivity index (χ1) is 7.74. The quantitative estimate of drug-likeness (QED) is 0.457. The molecule has 0 amide bonds. The van der Waals surface area contributed by atoms with Crippen LogP contribution >= 0.6 is 0 Å². The molecule has 17 heavy (non-hydrogen) atoms. The van der Waals surface area contributed by atoms with Crippen LogP contribution in [0.2, 0.25) is 0 Å². The standard InChI is InChI=1S/C12H21NO2.C2H4/c1-6-10(14)15-9-7-11(2,3)13-12(4,5)8-9;1-2/h6,9,13H,1,7-8H2,2-5H3;1-2H2. The lowest BCUT2D eigenvalue weighted by molar-refractivity contribution is -0.146. The molecule has 0 atom stereocenters. The van der Waals surface area contributed by atoms with Crippen molar-refractivity contribution in [3.63, 3.8) is 0 Å². The fourth-order valence-electron chi connectivity index (χ4n) is 2.52. The SMILES string of the molecule is C=C.C=CC(=O)OC1CC(C)(C)NC(C)(C)C1. The van der Waals surface area contributed by atoms with Gasteiger partial charge < -0.3 is 10.1 Å². The van der Waals surface area contributed by atoms with Gasteiger partial charge in [0.2, 0.25) is 0 Å². The zero-order valence-electron chi connectivity index (χ0n) is 11.5. The molecule has 0 aromatic carbocycles. The molecule has 0 saturated carbocycles. The molecule has 0 bridgehead atoms. The number of rotatable bonds is 2. The number of ether oxygens (including phenoxy) is 1. The van der Waals surface area contributed by atoms with Crippen molar-refractivity contribution in [2.75, 3.05) is 0 Å². The molecule has 0 aliphatic carbocycles. The van der Waals surface area contributed by atoms with E-state index in [2.05, 4.69) is 52.7 Å². The number of hydrogen-bond acceptors (Lipinski definition) is 3. The molecule has 1 aliphatic heterocycles. The molecule has 1 N–H and O–H groups in total. The molecule has 1 saturated heterocycles. The zero-order chi connectivity index (χ0) is 13.7. The van der Waals surface area contributed by atoms with Crippen molar-refractivity contribution in [1.82, 2.24) is 5.32 Å². The topological polar surface area (TPSA) is 38.3 Å². The zero-order valence-corrected chi connectivity index (χ0v) is 11.5. The van der Waals surface area contributed by atoms with Gasteiger partial charge in [-0.1, -0.05) is 6.58 Å². The minimum Gasteiger partial charge on any atom is -0.459 e. The summed E-state index contributed by atoms with van der Waals surface area (Å²) in [5, 5.41) is 3.54. The number of esters is 1. The second kappa shape index (κ2) is 6.01. The van der Waals surface area contributed by atoms with Crippen molar-refractivity contribution in [2.24, 2.45) is 0 Å². The second-order valence-electron chi connectivity index (χ2n) is 5.56. The second-order valence-corrected chi connectivity index (χ2v) is 5.56. The van der Waals surface area contributed by atoms with E-state index in [9.17, 15) is 4.79 Å². The number of nitrogens with one attached hydrogen (secondary N) is 1. The highest BCUT2D eigenvalue weighted by Crippen LogP contribution is 2.30. The summed E-state index contributed by atoms with van der Waals surface area (Å²) in [6, 6.07) is 0. The van der Waals surface area contributed by atoms with E-state index in [4.69, 9.17) is 4.74 Å². The Morgan fingerprint density at radius 1 is 1.24 bits per heavy atom. The third-order valence-electron chi connectivity index (χ3n) is 2.60. The molecule has 0 radical (unpaired) electrons.